The van der Waals surface area contributed by atoms with E-state index in [1.165, 1.54) is 11.3 Å². The molecule has 3 aromatic heterocycles. The molecule has 0 unspecified atom stereocenters. The number of amides is 1. The molecular weight excluding hydrogens is 306 g/mol. The van der Waals surface area contributed by atoms with Crippen molar-refractivity contribution in [2.45, 2.75) is 40.2 Å². The summed E-state index contributed by atoms with van der Waals surface area (Å²) in [6.45, 7) is 8.21. The number of nitrogens with zero attached hydrogens (tertiary/aromatic N) is 2. The third-order valence-corrected chi connectivity index (χ3v) is 5.23. The Morgan fingerprint density at radius 1 is 1.30 bits per heavy atom. The molecule has 1 amide bonds. The van der Waals surface area contributed by atoms with Gasteiger partial charge in [-0.1, -0.05) is 6.92 Å². The Bertz CT molecular complexity index is 843. The summed E-state index contributed by atoms with van der Waals surface area (Å²) in [5, 5.41) is 4.10. The van der Waals surface area contributed by atoms with Gasteiger partial charge in [-0.25, -0.2) is 4.98 Å². The fourth-order valence-corrected chi connectivity index (χ4v) is 3.74. The first-order valence-corrected chi connectivity index (χ1v) is 8.68. The number of aromatic nitrogens is 2. The molecule has 0 aliphatic carbocycles. The van der Waals surface area contributed by atoms with E-state index >= 15 is 0 Å². The number of hydrogen-bond acceptors (Lipinski definition) is 3. The third-order valence-electron chi connectivity index (χ3n) is 4.13. The van der Waals surface area contributed by atoms with Crippen molar-refractivity contribution < 1.29 is 4.79 Å². The molecule has 0 aromatic carbocycles. The van der Waals surface area contributed by atoms with Crippen molar-refractivity contribution in [2.24, 2.45) is 0 Å². The molecule has 4 nitrogen and oxygen atoms in total. The van der Waals surface area contributed by atoms with Crippen LogP contribution in [0.1, 0.15) is 41.3 Å². The van der Waals surface area contributed by atoms with Crippen LogP contribution in [0.5, 0.6) is 0 Å². The van der Waals surface area contributed by atoms with Gasteiger partial charge in [-0.05, 0) is 51.5 Å². The highest BCUT2D eigenvalue weighted by atomic mass is 32.1. The van der Waals surface area contributed by atoms with Crippen LogP contribution in [-0.2, 0) is 0 Å². The van der Waals surface area contributed by atoms with Gasteiger partial charge in [-0.3, -0.25) is 4.79 Å². The predicted molar refractivity (Wildman–Crippen MR) is 95.6 cm³/mol. The number of pyridine rings is 1. The fraction of sp³-hybridized carbons (Fsp3) is 0.333. The summed E-state index contributed by atoms with van der Waals surface area (Å²) in [4.78, 5) is 18.8. The van der Waals surface area contributed by atoms with Gasteiger partial charge in [0.25, 0.3) is 5.91 Å². The van der Waals surface area contributed by atoms with Gasteiger partial charge in [-0.2, -0.15) is 0 Å². The first-order valence-electron chi connectivity index (χ1n) is 7.86. The van der Waals surface area contributed by atoms with E-state index < -0.39 is 0 Å². The van der Waals surface area contributed by atoms with Crippen LogP contribution in [0, 0.1) is 13.8 Å². The number of hydrogen-bond donors (Lipinski definition) is 1. The largest absolute Gasteiger partial charge is 0.349 e. The summed E-state index contributed by atoms with van der Waals surface area (Å²) in [7, 11) is 0. The maximum Gasteiger partial charge on any atom is 0.263 e. The molecule has 0 fully saturated rings. The third kappa shape index (κ3) is 2.77. The summed E-state index contributed by atoms with van der Waals surface area (Å²) in [6.07, 6.45) is 2.68. The number of rotatable bonds is 4. The Balaban J connectivity index is 2.22. The van der Waals surface area contributed by atoms with E-state index in [0.717, 1.165) is 38.6 Å². The average Bonchev–Trinajstić information content (AvgIpc) is 3.07. The monoisotopic (exact) mass is 327 g/mol. The summed E-state index contributed by atoms with van der Waals surface area (Å²) in [5.74, 6) is -0.0233. The first-order chi connectivity index (χ1) is 11.0. The normalized spacial score (nSPS) is 12.5. The van der Waals surface area contributed by atoms with E-state index in [2.05, 4.69) is 47.8 Å². The molecule has 0 bridgehead atoms. The van der Waals surface area contributed by atoms with Crippen LogP contribution in [0.15, 0.2) is 30.5 Å². The molecule has 0 saturated heterocycles. The number of carbonyl (C=O) groups is 1. The zero-order valence-corrected chi connectivity index (χ0v) is 14.7. The highest BCUT2D eigenvalue weighted by Crippen LogP contribution is 2.34. The maximum atomic E-state index is 12.8. The number of fused-ring (bicyclic) bond motifs is 1. The van der Waals surface area contributed by atoms with Crippen LogP contribution in [0.3, 0.4) is 0 Å². The molecule has 3 aromatic rings. The van der Waals surface area contributed by atoms with Crippen molar-refractivity contribution in [3.63, 3.8) is 0 Å². The molecule has 0 saturated carbocycles. The van der Waals surface area contributed by atoms with E-state index in [9.17, 15) is 4.79 Å². The molecule has 23 heavy (non-hydrogen) atoms. The van der Waals surface area contributed by atoms with Crippen LogP contribution < -0.4 is 5.32 Å². The van der Waals surface area contributed by atoms with Crippen molar-refractivity contribution >= 4 is 27.5 Å². The fourth-order valence-electron chi connectivity index (χ4n) is 2.71. The molecule has 120 valence electrons. The second kappa shape index (κ2) is 6.16. The molecule has 3 heterocycles. The molecule has 0 aliphatic rings. The lowest BCUT2D eigenvalue weighted by molar-refractivity contribution is 0.0943. The van der Waals surface area contributed by atoms with Gasteiger partial charge in [0.2, 0.25) is 0 Å². The van der Waals surface area contributed by atoms with E-state index in [0.29, 0.717) is 0 Å². The molecule has 0 aliphatic heterocycles. The Hall–Kier alpha value is -2.14. The van der Waals surface area contributed by atoms with E-state index in [4.69, 9.17) is 0 Å². The summed E-state index contributed by atoms with van der Waals surface area (Å²) in [5.41, 5.74) is 3.17. The second-order valence-corrected chi connectivity index (χ2v) is 6.87. The number of thiophene rings is 1. The molecule has 1 atom stereocenters. The van der Waals surface area contributed by atoms with Crippen molar-refractivity contribution in [2.75, 3.05) is 0 Å². The zero-order chi connectivity index (χ0) is 16.6. The molecule has 5 heteroatoms. The van der Waals surface area contributed by atoms with Crippen LogP contribution in [0.25, 0.3) is 15.9 Å². The van der Waals surface area contributed by atoms with E-state index in [-0.39, 0.29) is 11.9 Å². The minimum Gasteiger partial charge on any atom is -0.349 e. The SMILES string of the molecule is CC[C@H](C)NC(=O)c1sc2ncccc2c1-n1c(C)ccc1C. The van der Waals surface area contributed by atoms with Gasteiger partial charge in [0.05, 0.1) is 5.69 Å². The summed E-state index contributed by atoms with van der Waals surface area (Å²) >= 11 is 1.46. The number of aryl methyl sites for hydroxylation is 2. The summed E-state index contributed by atoms with van der Waals surface area (Å²) in [6, 6.07) is 8.26. The molecule has 0 radical (unpaired) electrons. The number of carbonyl (C=O) groups excluding carboxylic acids is 1. The predicted octanol–water partition coefficient (Wildman–Crippen LogP) is 4.23. The van der Waals surface area contributed by atoms with Crippen LogP contribution >= 0.6 is 11.3 Å². The van der Waals surface area contributed by atoms with Crippen LogP contribution in [0.2, 0.25) is 0 Å². The second-order valence-electron chi connectivity index (χ2n) is 5.87. The quantitative estimate of drug-likeness (QED) is 0.779. The highest BCUT2D eigenvalue weighted by Gasteiger charge is 2.22. The van der Waals surface area contributed by atoms with Gasteiger partial charge in [0.1, 0.15) is 9.71 Å². The lowest BCUT2D eigenvalue weighted by Gasteiger charge is -2.14. The van der Waals surface area contributed by atoms with Crippen LogP contribution in [-0.4, -0.2) is 21.5 Å². The van der Waals surface area contributed by atoms with Gasteiger partial charge in [0, 0.05) is 29.0 Å². The average molecular weight is 327 g/mol. The number of nitrogens with one attached hydrogen (secondary N) is 1. The lowest BCUT2D eigenvalue weighted by atomic mass is 10.2. The van der Waals surface area contributed by atoms with Gasteiger partial charge < -0.3 is 9.88 Å². The Morgan fingerprint density at radius 2 is 2.00 bits per heavy atom. The van der Waals surface area contributed by atoms with Crippen molar-refractivity contribution in [1.82, 2.24) is 14.9 Å². The van der Waals surface area contributed by atoms with E-state index in [1.54, 1.807) is 6.20 Å². The Morgan fingerprint density at radius 3 is 2.65 bits per heavy atom. The topological polar surface area (TPSA) is 46.9 Å². The highest BCUT2D eigenvalue weighted by molar-refractivity contribution is 7.21. The Kier molecular flexibility index (Phi) is 4.22. The lowest BCUT2D eigenvalue weighted by Crippen LogP contribution is -2.32. The standard InChI is InChI=1S/C18H21N3OS/c1-5-11(2)20-17(22)16-15(21-12(3)8-9-13(21)4)14-7-6-10-19-18(14)23-16/h6-11H,5H2,1-4H3,(H,20,22)/t11-/m0/s1. The van der Waals surface area contributed by atoms with Gasteiger partial charge in [0.15, 0.2) is 0 Å². The minimum atomic E-state index is -0.0233. The van der Waals surface area contributed by atoms with Crippen molar-refractivity contribution in [1.29, 1.82) is 0 Å². The van der Waals surface area contributed by atoms with Gasteiger partial charge in [-0.15, -0.1) is 11.3 Å². The summed E-state index contributed by atoms with van der Waals surface area (Å²) < 4.78 is 2.14. The van der Waals surface area contributed by atoms with Crippen molar-refractivity contribution in [3.8, 4) is 5.69 Å². The van der Waals surface area contributed by atoms with Crippen molar-refractivity contribution in [3.05, 3.63) is 46.7 Å². The minimum absolute atomic E-state index is 0.0233. The first kappa shape index (κ1) is 15.7. The molecule has 3 rings (SSSR count). The Labute approximate surface area is 140 Å². The molecule has 0 spiro atoms. The zero-order valence-electron chi connectivity index (χ0n) is 13.9. The molecule has 1 N–H and O–H groups in total. The maximum absolute atomic E-state index is 12.8. The molecular formula is C18H21N3OS. The van der Waals surface area contributed by atoms with Crippen LogP contribution in [0.4, 0.5) is 0 Å². The van der Waals surface area contributed by atoms with Gasteiger partial charge >= 0.3 is 0 Å². The van der Waals surface area contributed by atoms with E-state index in [1.807, 2.05) is 19.1 Å². The smallest absolute Gasteiger partial charge is 0.263 e.